The Balaban J connectivity index is 1.11. The first kappa shape index (κ1) is 26.8. The number of pyridine rings is 1. The van der Waals surface area contributed by atoms with E-state index in [1.54, 1.807) is 12.3 Å². The number of aromatic nitrogens is 1. The molecule has 3 heterocycles. The number of hydrogen-bond donors (Lipinski definition) is 0. The van der Waals surface area contributed by atoms with E-state index in [0.717, 1.165) is 70.5 Å². The quantitative estimate of drug-likeness (QED) is 0.243. The van der Waals surface area contributed by atoms with Gasteiger partial charge in [0.25, 0.3) is 5.91 Å². The molecule has 0 N–H and O–H groups in total. The van der Waals surface area contributed by atoms with Crippen LogP contribution in [0.25, 0.3) is 17.2 Å². The molecule has 43 heavy (non-hydrogen) atoms. The predicted molar refractivity (Wildman–Crippen MR) is 164 cm³/mol. The Morgan fingerprint density at radius 2 is 1.74 bits per heavy atom. The molecule has 7 heteroatoms. The van der Waals surface area contributed by atoms with Crippen molar-refractivity contribution in [1.29, 1.82) is 0 Å². The zero-order chi connectivity index (χ0) is 29.2. The molecule has 2 aliphatic heterocycles. The molecular formula is C36H31N3O4. The van der Waals surface area contributed by atoms with Crippen molar-refractivity contribution < 1.29 is 19.1 Å². The lowest BCUT2D eigenvalue weighted by Crippen LogP contribution is -2.34. The molecule has 0 saturated heterocycles. The minimum Gasteiger partial charge on any atom is -0.493 e. The van der Waals surface area contributed by atoms with Gasteiger partial charge in [-0.1, -0.05) is 66.7 Å². The second kappa shape index (κ2) is 11.7. The first-order valence-corrected chi connectivity index (χ1v) is 14.7. The molecule has 1 aromatic heterocycles. The van der Waals surface area contributed by atoms with Crippen LogP contribution < -0.4 is 4.74 Å². The zero-order valence-electron chi connectivity index (χ0n) is 23.7. The average molecular weight is 570 g/mol. The molecule has 0 radical (unpaired) electrons. The first-order valence-electron chi connectivity index (χ1n) is 14.7. The van der Waals surface area contributed by atoms with Gasteiger partial charge in [-0.2, -0.15) is 5.10 Å². The second-order valence-electron chi connectivity index (χ2n) is 11.1. The third-order valence-electron chi connectivity index (χ3n) is 8.36. The summed E-state index contributed by atoms with van der Waals surface area (Å²) in [5.74, 6) is 0.0141. The van der Waals surface area contributed by atoms with Crippen LogP contribution in [0.4, 0.5) is 0 Å². The van der Waals surface area contributed by atoms with Crippen molar-refractivity contribution in [2.24, 2.45) is 11.0 Å². The second-order valence-corrected chi connectivity index (χ2v) is 11.1. The number of hydrogen-bond acceptors (Lipinski definition) is 6. The highest BCUT2D eigenvalue weighted by atomic mass is 16.5. The highest BCUT2D eigenvalue weighted by molar-refractivity contribution is 6.08. The van der Waals surface area contributed by atoms with Crippen molar-refractivity contribution in [2.75, 3.05) is 13.2 Å². The molecule has 1 amide bonds. The minimum atomic E-state index is -0.600. The Bertz CT molecular complexity index is 1730. The number of nitrogens with zero attached hydrogens (tertiary/aromatic N) is 3. The fraction of sp³-hybridized carbons (Fsp3) is 0.222. The number of carbonyl (C=O) groups excluding carboxylic acids is 2. The number of esters is 1. The minimum absolute atomic E-state index is 0.0735. The Labute approximate surface area is 250 Å². The highest BCUT2D eigenvalue weighted by Crippen LogP contribution is 2.44. The van der Waals surface area contributed by atoms with Gasteiger partial charge in [-0.3, -0.25) is 9.78 Å². The van der Waals surface area contributed by atoms with Gasteiger partial charge < -0.3 is 9.47 Å². The first-order chi connectivity index (χ1) is 21.1. The number of benzene rings is 3. The lowest BCUT2D eigenvalue weighted by atomic mass is 9.77. The number of amides is 1. The Kier molecular flexibility index (Phi) is 7.29. The Morgan fingerprint density at radius 3 is 2.58 bits per heavy atom. The number of ether oxygens (including phenoxy) is 2. The highest BCUT2D eigenvalue weighted by Gasteiger charge is 2.43. The van der Waals surface area contributed by atoms with Gasteiger partial charge in [0.2, 0.25) is 0 Å². The standard InChI is InChI=1S/C36H31N3O4/c40-33(23-43-36(41)30-20-29(21-37-22-30)26-14-15-32-27(19-26)16-17-42-32)39-35(25-10-5-2-6-11-25)31-13-7-12-28(34(31)38-39)18-24-8-3-1-4-9-24/h1-6,8-11,14-15,18-22,31,35H,7,12-13,16-17,23H2/b28-18-. The summed E-state index contributed by atoms with van der Waals surface area (Å²) in [6.45, 7) is 0.264. The third kappa shape index (κ3) is 5.46. The van der Waals surface area contributed by atoms with E-state index in [0.29, 0.717) is 6.61 Å². The van der Waals surface area contributed by atoms with E-state index in [1.807, 2.05) is 60.7 Å². The van der Waals surface area contributed by atoms with Crippen LogP contribution in [0.2, 0.25) is 0 Å². The molecule has 4 aromatic rings. The lowest BCUT2D eigenvalue weighted by Gasteiger charge is -2.29. The number of hydrazone groups is 1. The molecule has 2 unspecified atom stereocenters. The molecule has 1 fully saturated rings. The molecule has 3 aromatic carbocycles. The van der Waals surface area contributed by atoms with E-state index in [1.165, 1.54) is 11.2 Å². The van der Waals surface area contributed by atoms with E-state index < -0.39 is 12.6 Å². The van der Waals surface area contributed by atoms with Crippen LogP contribution in [0.3, 0.4) is 0 Å². The summed E-state index contributed by atoms with van der Waals surface area (Å²) in [5.41, 5.74) is 7.39. The topological polar surface area (TPSA) is 81.1 Å². The largest absolute Gasteiger partial charge is 0.493 e. The van der Waals surface area contributed by atoms with E-state index in [2.05, 4.69) is 29.3 Å². The summed E-state index contributed by atoms with van der Waals surface area (Å²) in [7, 11) is 0. The van der Waals surface area contributed by atoms with Gasteiger partial charge in [0.1, 0.15) is 5.75 Å². The fourth-order valence-corrected chi connectivity index (χ4v) is 6.29. The summed E-state index contributed by atoms with van der Waals surface area (Å²) in [6, 6.07) is 27.6. The molecule has 0 spiro atoms. The van der Waals surface area contributed by atoms with Crippen molar-refractivity contribution >= 4 is 23.7 Å². The summed E-state index contributed by atoms with van der Waals surface area (Å²) in [4.78, 5) is 31.0. The normalized spacial score (nSPS) is 19.8. The monoisotopic (exact) mass is 569 g/mol. The maximum atomic E-state index is 13.7. The Morgan fingerprint density at radius 1 is 0.930 bits per heavy atom. The lowest BCUT2D eigenvalue weighted by molar-refractivity contribution is -0.137. The van der Waals surface area contributed by atoms with E-state index in [4.69, 9.17) is 14.6 Å². The SMILES string of the molecule is O=C(OCC(=O)N1N=C2/C(=C\c3ccccc3)CCCC2C1c1ccccc1)c1cncc(-c2ccc3c(c2)CCO3)c1. The van der Waals surface area contributed by atoms with Crippen molar-refractivity contribution in [3.8, 4) is 16.9 Å². The average Bonchev–Trinajstić information content (AvgIpc) is 3.70. The van der Waals surface area contributed by atoms with Gasteiger partial charge in [0.15, 0.2) is 6.61 Å². The summed E-state index contributed by atoms with van der Waals surface area (Å²) >= 11 is 0. The van der Waals surface area contributed by atoms with Crippen LogP contribution >= 0.6 is 0 Å². The van der Waals surface area contributed by atoms with Gasteiger partial charge in [0.05, 0.1) is 23.9 Å². The molecular weight excluding hydrogens is 538 g/mol. The maximum Gasteiger partial charge on any atom is 0.340 e. The Hall–Kier alpha value is -5.04. The van der Waals surface area contributed by atoms with Crippen molar-refractivity contribution in [3.05, 3.63) is 125 Å². The molecule has 1 saturated carbocycles. The summed E-state index contributed by atoms with van der Waals surface area (Å²) < 4.78 is 11.2. The number of allylic oxidation sites excluding steroid dienone is 1. The van der Waals surface area contributed by atoms with Gasteiger partial charge in [-0.05, 0) is 71.4 Å². The maximum absolute atomic E-state index is 13.7. The molecule has 7 nitrogen and oxygen atoms in total. The third-order valence-corrected chi connectivity index (χ3v) is 8.36. The zero-order valence-corrected chi connectivity index (χ0v) is 23.7. The van der Waals surface area contributed by atoms with Gasteiger partial charge in [-0.15, -0.1) is 0 Å². The number of fused-ring (bicyclic) bond motifs is 2. The van der Waals surface area contributed by atoms with Crippen molar-refractivity contribution in [3.63, 3.8) is 0 Å². The van der Waals surface area contributed by atoms with Crippen molar-refractivity contribution in [2.45, 2.75) is 31.7 Å². The number of rotatable bonds is 6. The van der Waals surface area contributed by atoms with Gasteiger partial charge in [0, 0.05) is 30.3 Å². The van der Waals surface area contributed by atoms with Crippen LogP contribution in [0, 0.1) is 5.92 Å². The van der Waals surface area contributed by atoms with E-state index in [9.17, 15) is 9.59 Å². The molecule has 2 atom stereocenters. The molecule has 7 rings (SSSR count). The molecule has 0 bridgehead atoms. The van der Waals surface area contributed by atoms with Crippen LogP contribution in [0.5, 0.6) is 5.75 Å². The number of carbonyl (C=O) groups is 2. The van der Waals surface area contributed by atoms with Crippen LogP contribution in [-0.2, 0) is 16.0 Å². The van der Waals surface area contributed by atoms with Gasteiger partial charge >= 0.3 is 5.97 Å². The summed E-state index contributed by atoms with van der Waals surface area (Å²) in [6.07, 6.45) is 9.07. The molecule has 1 aliphatic carbocycles. The van der Waals surface area contributed by atoms with Crippen LogP contribution in [0.1, 0.15) is 52.4 Å². The van der Waals surface area contributed by atoms with E-state index >= 15 is 0 Å². The van der Waals surface area contributed by atoms with E-state index in [-0.39, 0.29) is 23.4 Å². The molecule has 3 aliphatic rings. The summed E-state index contributed by atoms with van der Waals surface area (Å²) in [5, 5.41) is 6.43. The fourth-order valence-electron chi connectivity index (χ4n) is 6.29. The molecule has 214 valence electrons. The van der Waals surface area contributed by atoms with Crippen molar-refractivity contribution in [1.82, 2.24) is 9.99 Å². The van der Waals surface area contributed by atoms with Crippen LogP contribution in [0.15, 0.2) is 108 Å². The van der Waals surface area contributed by atoms with Crippen LogP contribution in [-0.4, -0.2) is 40.8 Å². The van der Waals surface area contributed by atoms with Gasteiger partial charge in [-0.25, -0.2) is 9.80 Å². The predicted octanol–water partition coefficient (Wildman–Crippen LogP) is 6.66. The smallest absolute Gasteiger partial charge is 0.340 e.